The van der Waals surface area contributed by atoms with Gasteiger partial charge in [0, 0.05) is 35.0 Å². The van der Waals surface area contributed by atoms with Gasteiger partial charge in [0.15, 0.2) is 5.13 Å². The molecular formula is C16H19Cl2N3OS. The molecule has 1 amide bonds. The van der Waals surface area contributed by atoms with Crippen LogP contribution in [0, 0.1) is 0 Å². The predicted octanol–water partition coefficient (Wildman–Crippen LogP) is 3.89. The van der Waals surface area contributed by atoms with Gasteiger partial charge in [0.1, 0.15) is 0 Å². The second-order valence-corrected chi connectivity index (χ2v) is 6.97. The van der Waals surface area contributed by atoms with E-state index in [1.165, 1.54) is 11.3 Å². The first-order valence-electron chi connectivity index (χ1n) is 7.42. The highest BCUT2D eigenvalue weighted by atomic mass is 35.5. The van der Waals surface area contributed by atoms with E-state index in [9.17, 15) is 4.79 Å². The third-order valence-corrected chi connectivity index (χ3v) is 5.00. The molecule has 1 aromatic heterocycles. The lowest BCUT2D eigenvalue weighted by molar-refractivity contribution is -0.116. The Morgan fingerprint density at radius 3 is 3.00 bits per heavy atom. The highest BCUT2D eigenvalue weighted by molar-refractivity contribution is 7.15. The monoisotopic (exact) mass is 371 g/mol. The van der Waals surface area contributed by atoms with Crippen LogP contribution >= 0.6 is 35.3 Å². The van der Waals surface area contributed by atoms with Crippen LogP contribution in [0.3, 0.4) is 0 Å². The summed E-state index contributed by atoms with van der Waals surface area (Å²) in [7, 11) is 0. The predicted molar refractivity (Wildman–Crippen MR) is 97.9 cm³/mol. The molecule has 0 radical (unpaired) electrons. The molecule has 1 aliphatic rings. The van der Waals surface area contributed by atoms with Crippen molar-refractivity contribution in [3.63, 3.8) is 0 Å². The number of carbonyl (C=O) groups excluding carboxylic acids is 1. The number of nitrogens with one attached hydrogen (secondary N) is 2. The first-order chi connectivity index (χ1) is 10.7. The number of halogens is 2. The number of hydrogen-bond acceptors (Lipinski definition) is 4. The molecule has 2 N–H and O–H groups in total. The van der Waals surface area contributed by atoms with Crippen LogP contribution in [0.1, 0.15) is 29.7 Å². The first kappa shape index (κ1) is 18.2. The Kier molecular flexibility index (Phi) is 6.84. The van der Waals surface area contributed by atoms with Crippen LogP contribution in [0.2, 0.25) is 5.02 Å². The minimum Gasteiger partial charge on any atom is -0.313 e. The molecule has 0 saturated carbocycles. The van der Waals surface area contributed by atoms with Crippen LogP contribution in [0.15, 0.2) is 30.5 Å². The lowest BCUT2D eigenvalue weighted by Crippen LogP contribution is -2.27. The fraction of sp³-hybridized carbons (Fsp3) is 0.375. The number of aromatic nitrogens is 1. The third-order valence-electron chi connectivity index (χ3n) is 3.72. The molecular weight excluding hydrogens is 353 g/mol. The molecule has 3 rings (SSSR count). The lowest BCUT2D eigenvalue weighted by Gasteiger charge is -2.08. The van der Waals surface area contributed by atoms with E-state index in [2.05, 4.69) is 15.6 Å². The Balaban J connectivity index is 0.00000192. The molecule has 124 valence electrons. The maximum Gasteiger partial charge on any atom is 0.227 e. The van der Waals surface area contributed by atoms with Gasteiger partial charge in [0.2, 0.25) is 5.91 Å². The Bertz CT molecular complexity index is 656. The van der Waals surface area contributed by atoms with Crippen LogP contribution in [0.5, 0.6) is 0 Å². The molecule has 2 aromatic rings. The average Bonchev–Trinajstić information content (AvgIpc) is 3.14. The molecule has 2 heterocycles. The Hall–Kier alpha value is -1.14. The zero-order chi connectivity index (χ0) is 15.4. The van der Waals surface area contributed by atoms with E-state index in [1.54, 1.807) is 6.20 Å². The van der Waals surface area contributed by atoms with E-state index in [0.29, 0.717) is 17.6 Å². The first-order valence-corrected chi connectivity index (χ1v) is 8.61. The summed E-state index contributed by atoms with van der Waals surface area (Å²) in [4.78, 5) is 17.3. The fourth-order valence-corrected chi connectivity index (χ4v) is 3.66. The Morgan fingerprint density at radius 2 is 2.26 bits per heavy atom. The van der Waals surface area contributed by atoms with Crippen LogP contribution < -0.4 is 10.6 Å². The van der Waals surface area contributed by atoms with E-state index < -0.39 is 0 Å². The highest BCUT2D eigenvalue weighted by Crippen LogP contribution is 2.24. The maximum atomic E-state index is 12.0. The zero-order valence-electron chi connectivity index (χ0n) is 12.5. The van der Waals surface area contributed by atoms with Gasteiger partial charge >= 0.3 is 0 Å². The molecule has 1 aliphatic heterocycles. The summed E-state index contributed by atoms with van der Waals surface area (Å²) in [5, 5.41) is 7.63. The number of anilines is 1. The van der Waals surface area contributed by atoms with Crippen molar-refractivity contribution in [3.8, 4) is 0 Å². The van der Waals surface area contributed by atoms with E-state index in [1.807, 2.05) is 24.3 Å². The smallest absolute Gasteiger partial charge is 0.227 e. The topological polar surface area (TPSA) is 54.0 Å². The molecule has 4 nitrogen and oxygen atoms in total. The van der Waals surface area contributed by atoms with Gasteiger partial charge in [-0.05, 0) is 31.0 Å². The molecule has 1 unspecified atom stereocenters. The van der Waals surface area contributed by atoms with E-state index in [4.69, 9.17) is 11.6 Å². The summed E-state index contributed by atoms with van der Waals surface area (Å²) >= 11 is 7.67. The minimum atomic E-state index is 0. The van der Waals surface area contributed by atoms with Gasteiger partial charge in [-0.2, -0.15) is 0 Å². The van der Waals surface area contributed by atoms with Crippen molar-refractivity contribution in [2.45, 2.75) is 31.7 Å². The summed E-state index contributed by atoms with van der Waals surface area (Å²) < 4.78 is 0. The normalized spacial score (nSPS) is 16.8. The molecule has 1 atom stereocenters. The van der Waals surface area contributed by atoms with Gasteiger partial charge in [0.05, 0.1) is 0 Å². The second-order valence-electron chi connectivity index (χ2n) is 5.45. The van der Waals surface area contributed by atoms with Crippen molar-refractivity contribution in [1.29, 1.82) is 0 Å². The quantitative estimate of drug-likeness (QED) is 0.837. The summed E-state index contributed by atoms with van der Waals surface area (Å²) in [5.41, 5.74) is 1.07. The van der Waals surface area contributed by atoms with Crippen molar-refractivity contribution < 1.29 is 4.79 Å². The summed E-state index contributed by atoms with van der Waals surface area (Å²) in [6.45, 7) is 1.01. The van der Waals surface area contributed by atoms with Crippen molar-refractivity contribution in [1.82, 2.24) is 10.3 Å². The Labute approximate surface area is 151 Å². The summed E-state index contributed by atoms with van der Waals surface area (Å²) in [5.74, 6) is 0.0260. The number of carbonyl (C=O) groups is 1. The van der Waals surface area contributed by atoms with Crippen LogP contribution in [0.4, 0.5) is 5.13 Å². The van der Waals surface area contributed by atoms with Crippen LogP contribution in [-0.4, -0.2) is 23.5 Å². The van der Waals surface area contributed by atoms with E-state index in [0.717, 1.165) is 41.3 Å². The minimum absolute atomic E-state index is 0. The van der Waals surface area contributed by atoms with Crippen molar-refractivity contribution in [2.75, 3.05) is 11.9 Å². The number of benzene rings is 1. The highest BCUT2D eigenvalue weighted by Gasteiger charge is 2.18. The molecule has 0 bridgehead atoms. The fourth-order valence-electron chi connectivity index (χ4n) is 2.60. The molecule has 0 aliphatic carbocycles. The number of amides is 1. The van der Waals surface area contributed by atoms with Gasteiger partial charge < -0.3 is 10.6 Å². The van der Waals surface area contributed by atoms with E-state index in [-0.39, 0.29) is 18.3 Å². The molecule has 1 fully saturated rings. The lowest BCUT2D eigenvalue weighted by atomic mass is 10.1. The number of thiazole rings is 1. The second kappa shape index (κ2) is 8.64. The van der Waals surface area contributed by atoms with Gasteiger partial charge in [-0.3, -0.25) is 4.79 Å². The molecule has 23 heavy (non-hydrogen) atoms. The largest absolute Gasteiger partial charge is 0.313 e. The molecule has 1 saturated heterocycles. The van der Waals surface area contributed by atoms with Gasteiger partial charge in [-0.25, -0.2) is 4.98 Å². The van der Waals surface area contributed by atoms with Crippen LogP contribution in [0.25, 0.3) is 0 Å². The SMILES string of the molecule is Cl.O=C(CC1CCCN1)Nc1ncc(Cc2ccccc2Cl)s1. The number of rotatable bonds is 5. The van der Waals surface area contributed by atoms with Gasteiger partial charge in [0.25, 0.3) is 0 Å². The number of hydrogen-bond donors (Lipinski definition) is 2. The van der Waals surface area contributed by atoms with Gasteiger partial charge in [-0.15, -0.1) is 23.7 Å². The summed E-state index contributed by atoms with van der Waals surface area (Å²) in [6, 6.07) is 8.09. The van der Waals surface area contributed by atoms with E-state index >= 15 is 0 Å². The van der Waals surface area contributed by atoms with Crippen molar-refractivity contribution in [3.05, 3.63) is 45.9 Å². The summed E-state index contributed by atoms with van der Waals surface area (Å²) in [6.07, 6.45) is 5.27. The Morgan fingerprint density at radius 1 is 1.43 bits per heavy atom. The number of nitrogens with zero attached hydrogens (tertiary/aromatic N) is 1. The average molecular weight is 372 g/mol. The third kappa shape index (κ3) is 5.18. The molecule has 0 spiro atoms. The molecule has 1 aromatic carbocycles. The van der Waals surface area contributed by atoms with Gasteiger partial charge in [-0.1, -0.05) is 29.8 Å². The molecule has 7 heteroatoms. The zero-order valence-corrected chi connectivity index (χ0v) is 14.9. The standard InChI is InChI=1S/C16H18ClN3OS.ClH/c17-14-6-2-1-4-11(14)8-13-10-19-16(22-13)20-15(21)9-12-5-3-7-18-12;/h1-2,4,6,10,12,18H,3,5,7-9H2,(H,19,20,21);1H. The van der Waals surface area contributed by atoms with Crippen LogP contribution in [-0.2, 0) is 11.2 Å². The van der Waals surface area contributed by atoms with Crippen molar-refractivity contribution >= 4 is 46.4 Å². The van der Waals surface area contributed by atoms with Crippen molar-refractivity contribution in [2.24, 2.45) is 0 Å². The maximum absolute atomic E-state index is 12.0.